The average Bonchev–Trinajstić information content (AvgIpc) is 2.49. The van der Waals surface area contributed by atoms with Crippen molar-refractivity contribution in [1.82, 2.24) is 20.6 Å². The molecule has 0 fully saturated rings. The first-order chi connectivity index (χ1) is 10.1. The number of aromatic nitrogens is 2. The Kier molecular flexibility index (Phi) is 8.09. The van der Waals surface area contributed by atoms with Crippen LogP contribution in [0.1, 0.15) is 0 Å². The monoisotopic (exact) mass is 406 g/mol. The van der Waals surface area contributed by atoms with Crippen molar-refractivity contribution in [2.75, 3.05) is 26.8 Å². The maximum absolute atomic E-state index is 11.3. The van der Waals surface area contributed by atoms with Crippen LogP contribution in [0, 0.1) is 3.70 Å². The summed E-state index contributed by atoms with van der Waals surface area (Å²) in [5, 5.41) is 4.87. The fraction of sp³-hybridized carbons (Fsp3) is 0.333. The molecule has 0 bridgehead atoms. The van der Waals surface area contributed by atoms with Crippen molar-refractivity contribution < 1.29 is 19.1 Å². The number of carbonyl (C=O) groups excluding carboxylic acids is 2. The van der Waals surface area contributed by atoms with Crippen LogP contribution >= 0.6 is 22.6 Å². The number of amides is 2. The molecule has 0 aromatic carbocycles. The number of hydrogen-bond donors (Lipinski definition) is 2. The number of hydrogen-bond acceptors (Lipinski definition) is 6. The van der Waals surface area contributed by atoms with Gasteiger partial charge in [0.1, 0.15) is 16.9 Å². The van der Waals surface area contributed by atoms with Crippen molar-refractivity contribution in [3.8, 4) is 5.88 Å². The van der Waals surface area contributed by atoms with Crippen molar-refractivity contribution >= 4 is 34.6 Å². The number of nitrogens with one attached hydrogen (secondary N) is 2. The molecular weight excluding hydrogens is 391 g/mol. The van der Waals surface area contributed by atoms with E-state index in [0.29, 0.717) is 5.88 Å². The van der Waals surface area contributed by atoms with E-state index in [-0.39, 0.29) is 25.7 Å². The third-order valence-corrected chi connectivity index (χ3v) is 2.60. The summed E-state index contributed by atoms with van der Waals surface area (Å²) in [6.45, 7) is 0.463. The first-order valence-corrected chi connectivity index (χ1v) is 7.09. The van der Waals surface area contributed by atoms with Gasteiger partial charge in [-0.15, -0.1) is 0 Å². The molecule has 2 amide bonds. The quantitative estimate of drug-likeness (QED) is 0.388. The van der Waals surface area contributed by atoms with Gasteiger partial charge in [-0.25, -0.2) is 14.8 Å². The minimum absolute atomic E-state index is 0.0820. The van der Waals surface area contributed by atoms with Gasteiger partial charge in [-0.1, -0.05) is 6.08 Å². The molecule has 0 aliphatic heterocycles. The lowest BCUT2D eigenvalue weighted by Crippen LogP contribution is -2.26. The predicted octanol–water partition coefficient (Wildman–Crippen LogP) is 0.488. The number of likely N-dealkylation sites (N-methyl/N-ethyl adjacent to an activating group) is 1. The average molecular weight is 406 g/mol. The lowest BCUT2D eigenvalue weighted by atomic mass is 10.4. The number of ether oxygens (including phenoxy) is 2. The smallest absolute Gasteiger partial charge is 0.407 e. The second-order valence-electron chi connectivity index (χ2n) is 3.56. The third kappa shape index (κ3) is 8.07. The largest absolute Gasteiger partial charge is 0.473 e. The van der Waals surface area contributed by atoms with Gasteiger partial charge < -0.3 is 20.1 Å². The van der Waals surface area contributed by atoms with Gasteiger partial charge in [0.2, 0.25) is 11.8 Å². The van der Waals surface area contributed by atoms with E-state index in [4.69, 9.17) is 9.47 Å². The van der Waals surface area contributed by atoms with Crippen molar-refractivity contribution in [3.63, 3.8) is 0 Å². The van der Waals surface area contributed by atoms with Crippen LogP contribution in [0.2, 0.25) is 0 Å². The Morgan fingerprint density at radius 3 is 2.81 bits per heavy atom. The van der Waals surface area contributed by atoms with Gasteiger partial charge in [-0.3, -0.25) is 4.79 Å². The maximum atomic E-state index is 11.3. The Labute approximate surface area is 135 Å². The van der Waals surface area contributed by atoms with E-state index in [2.05, 4.69) is 20.6 Å². The SMILES string of the molecule is CNC(=O)/C=C/CNC(=O)OCCOc1cnc(I)cn1. The molecule has 21 heavy (non-hydrogen) atoms. The Morgan fingerprint density at radius 1 is 1.33 bits per heavy atom. The van der Waals surface area contributed by atoms with Crippen LogP contribution in [-0.4, -0.2) is 48.8 Å². The summed E-state index contributed by atoms with van der Waals surface area (Å²) in [5.74, 6) is 0.130. The lowest BCUT2D eigenvalue weighted by molar-refractivity contribution is -0.116. The highest BCUT2D eigenvalue weighted by molar-refractivity contribution is 14.1. The summed E-state index contributed by atoms with van der Waals surface area (Å²) < 4.78 is 10.9. The minimum Gasteiger partial charge on any atom is -0.473 e. The summed E-state index contributed by atoms with van der Waals surface area (Å²) >= 11 is 2.04. The summed E-state index contributed by atoms with van der Waals surface area (Å²) in [7, 11) is 1.52. The molecule has 0 spiro atoms. The molecule has 1 aromatic rings. The topological polar surface area (TPSA) is 102 Å². The molecular formula is C12H15IN4O4. The highest BCUT2D eigenvalue weighted by Crippen LogP contribution is 2.05. The highest BCUT2D eigenvalue weighted by atomic mass is 127. The zero-order chi connectivity index (χ0) is 15.5. The van der Waals surface area contributed by atoms with Crippen LogP contribution in [0.3, 0.4) is 0 Å². The van der Waals surface area contributed by atoms with Crippen LogP contribution in [0.15, 0.2) is 24.5 Å². The second-order valence-corrected chi connectivity index (χ2v) is 4.66. The van der Waals surface area contributed by atoms with E-state index in [0.717, 1.165) is 3.70 Å². The first-order valence-electron chi connectivity index (χ1n) is 6.01. The Morgan fingerprint density at radius 2 is 2.14 bits per heavy atom. The molecule has 1 aromatic heterocycles. The van der Waals surface area contributed by atoms with E-state index < -0.39 is 6.09 Å². The number of rotatable bonds is 7. The Balaban J connectivity index is 2.09. The van der Waals surface area contributed by atoms with E-state index >= 15 is 0 Å². The molecule has 1 rings (SSSR count). The molecule has 0 aliphatic carbocycles. The van der Waals surface area contributed by atoms with Gasteiger partial charge in [0.05, 0.1) is 12.4 Å². The summed E-state index contributed by atoms with van der Waals surface area (Å²) in [6.07, 6.45) is 5.30. The van der Waals surface area contributed by atoms with E-state index in [1.807, 2.05) is 22.6 Å². The fourth-order valence-corrected chi connectivity index (χ4v) is 1.38. The van der Waals surface area contributed by atoms with Crippen LogP contribution in [0.5, 0.6) is 5.88 Å². The van der Waals surface area contributed by atoms with Gasteiger partial charge in [0.15, 0.2) is 0 Å². The molecule has 2 N–H and O–H groups in total. The van der Waals surface area contributed by atoms with Gasteiger partial charge in [-0.2, -0.15) is 0 Å². The minimum atomic E-state index is -0.589. The standard InChI is InChI=1S/C12H15IN4O4/c1-14-10(18)3-2-4-15-12(19)21-6-5-20-11-8-16-9(13)7-17-11/h2-3,7-8H,4-6H2,1H3,(H,14,18)(H,15,19)/b3-2+. The van der Waals surface area contributed by atoms with E-state index in [9.17, 15) is 9.59 Å². The summed E-state index contributed by atoms with van der Waals surface area (Å²) in [5.41, 5.74) is 0. The van der Waals surface area contributed by atoms with Crippen LogP contribution in [0.4, 0.5) is 4.79 Å². The van der Waals surface area contributed by atoms with Gasteiger partial charge in [-0.05, 0) is 22.6 Å². The fourth-order valence-electron chi connectivity index (χ4n) is 1.10. The van der Waals surface area contributed by atoms with E-state index in [1.54, 1.807) is 6.20 Å². The highest BCUT2D eigenvalue weighted by Gasteiger charge is 2.01. The van der Waals surface area contributed by atoms with Crippen LogP contribution < -0.4 is 15.4 Å². The van der Waals surface area contributed by atoms with Gasteiger partial charge in [0.25, 0.3) is 0 Å². The molecule has 0 radical (unpaired) electrons. The molecule has 0 aliphatic rings. The van der Waals surface area contributed by atoms with Crippen molar-refractivity contribution in [2.45, 2.75) is 0 Å². The van der Waals surface area contributed by atoms with Crippen molar-refractivity contribution in [2.24, 2.45) is 0 Å². The molecule has 8 nitrogen and oxygen atoms in total. The molecule has 0 saturated heterocycles. The van der Waals surface area contributed by atoms with Crippen LogP contribution in [-0.2, 0) is 9.53 Å². The zero-order valence-electron chi connectivity index (χ0n) is 11.3. The Hall–Kier alpha value is -1.91. The lowest BCUT2D eigenvalue weighted by Gasteiger charge is -2.06. The van der Waals surface area contributed by atoms with Crippen molar-refractivity contribution in [3.05, 3.63) is 28.2 Å². The normalized spacial score (nSPS) is 10.2. The maximum Gasteiger partial charge on any atom is 0.407 e. The predicted molar refractivity (Wildman–Crippen MR) is 82.8 cm³/mol. The summed E-state index contributed by atoms with van der Waals surface area (Å²) in [4.78, 5) is 30.1. The van der Waals surface area contributed by atoms with Crippen molar-refractivity contribution in [1.29, 1.82) is 0 Å². The number of halogens is 1. The first kappa shape index (κ1) is 17.1. The molecule has 1 heterocycles. The van der Waals surface area contributed by atoms with Gasteiger partial charge in [0, 0.05) is 19.7 Å². The van der Waals surface area contributed by atoms with E-state index in [1.165, 1.54) is 25.4 Å². The number of nitrogens with zero attached hydrogens (tertiary/aromatic N) is 2. The van der Waals surface area contributed by atoms with Crippen LogP contribution in [0.25, 0.3) is 0 Å². The molecule has 114 valence electrons. The molecule has 9 heteroatoms. The summed E-state index contributed by atoms with van der Waals surface area (Å²) in [6, 6.07) is 0. The molecule has 0 atom stereocenters. The Bertz CT molecular complexity index is 493. The second kappa shape index (κ2) is 9.91. The molecule has 0 unspecified atom stereocenters. The molecule has 0 saturated carbocycles. The number of alkyl carbamates (subject to hydrolysis) is 1. The third-order valence-electron chi connectivity index (χ3n) is 2.04. The number of carbonyl (C=O) groups is 2. The van der Waals surface area contributed by atoms with Gasteiger partial charge >= 0.3 is 6.09 Å². The zero-order valence-corrected chi connectivity index (χ0v) is 13.5.